The molecule has 114 valence electrons. The Bertz CT molecular complexity index is 488. The maximum Gasteiger partial charge on any atom is 0.279 e. The molecule has 2 rings (SSSR count). The fraction of sp³-hybridized carbons (Fsp3) is 0.750. The highest BCUT2D eigenvalue weighted by Gasteiger charge is 2.28. The van der Waals surface area contributed by atoms with Gasteiger partial charge in [-0.25, -0.2) is 0 Å². The molecule has 0 bridgehead atoms. The zero-order valence-electron chi connectivity index (χ0n) is 11.8. The molecule has 20 heavy (non-hydrogen) atoms. The molecule has 0 spiro atoms. The van der Waals surface area contributed by atoms with E-state index in [-0.39, 0.29) is 6.54 Å². The molecule has 1 saturated heterocycles. The molecular formula is C12H23N5O2S. The second kappa shape index (κ2) is 7.16. The third-order valence-corrected chi connectivity index (χ3v) is 5.04. The topological polar surface area (TPSA) is 90.1 Å². The van der Waals surface area contributed by atoms with Gasteiger partial charge >= 0.3 is 0 Å². The van der Waals surface area contributed by atoms with Gasteiger partial charge in [0.05, 0.1) is 6.20 Å². The molecule has 0 saturated carbocycles. The van der Waals surface area contributed by atoms with Gasteiger partial charge < -0.3 is 5.32 Å². The van der Waals surface area contributed by atoms with Crippen LogP contribution >= 0.6 is 0 Å². The molecule has 0 aromatic carbocycles. The average molecular weight is 301 g/mol. The van der Waals surface area contributed by atoms with Crippen molar-refractivity contribution in [3.05, 3.63) is 18.0 Å². The SMILES string of the molecule is CCNCC1CCCN(S(=O)(=O)NCc2cn[nH]c2)C1. The number of nitrogens with one attached hydrogen (secondary N) is 3. The maximum absolute atomic E-state index is 12.3. The number of aromatic amines is 1. The van der Waals surface area contributed by atoms with Crippen LogP contribution in [0.2, 0.25) is 0 Å². The Morgan fingerprint density at radius 1 is 1.55 bits per heavy atom. The van der Waals surface area contributed by atoms with Gasteiger partial charge in [-0.05, 0) is 31.8 Å². The summed E-state index contributed by atoms with van der Waals surface area (Å²) in [7, 11) is -3.40. The van der Waals surface area contributed by atoms with E-state index in [1.807, 2.05) is 0 Å². The molecule has 0 radical (unpaired) electrons. The van der Waals surface area contributed by atoms with Crippen LogP contribution in [-0.4, -0.2) is 49.1 Å². The normalized spacial score (nSPS) is 21.1. The van der Waals surface area contributed by atoms with Crippen molar-refractivity contribution in [3.8, 4) is 0 Å². The molecule has 1 aliphatic rings. The van der Waals surface area contributed by atoms with Crippen molar-refractivity contribution in [1.82, 2.24) is 24.5 Å². The number of rotatable bonds is 7. The van der Waals surface area contributed by atoms with Crippen LogP contribution in [0.15, 0.2) is 12.4 Å². The number of aromatic nitrogens is 2. The second-order valence-corrected chi connectivity index (χ2v) is 6.86. The Morgan fingerprint density at radius 2 is 2.40 bits per heavy atom. The molecule has 0 amide bonds. The van der Waals surface area contributed by atoms with E-state index in [4.69, 9.17) is 0 Å². The summed E-state index contributed by atoms with van der Waals surface area (Å²) in [6.45, 7) is 5.32. The monoisotopic (exact) mass is 301 g/mol. The molecule has 7 nitrogen and oxygen atoms in total. The highest BCUT2D eigenvalue weighted by Crippen LogP contribution is 2.18. The van der Waals surface area contributed by atoms with Gasteiger partial charge in [0.2, 0.25) is 0 Å². The summed E-state index contributed by atoms with van der Waals surface area (Å²) in [5, 5.41) is 9.76. The predicted octanol–water partition coefficient (Wildman–Crippen LogP) is 0.0656. The van der Waals surface area contributed by atoms with Gasteiger partial charge in [-0.2, -0.15) is 22.5 Å². The van der Waals surface area contributed by atoms with Crippen LogP contribution in [-0.2, 0) is 16.8 Å². The first-order chi connectivity index (χ1) is 9.62. The van der Waals surface area contributed by atoms with E-state index in [1.54, 1.807) is 16.7 Å². The third-order valence-electron chi connectivity index (χ3n) is 3.52. The average Bonchev–Trinajstić information content (AvgIpc) is 2.97. The Balaban J connectivity index is 1.87. The molecule has 1 aromatic heterocycles. The lowest BCUT2D eigenvalue weighted by Gasteiger charge is -2.31. The summed E-state index contributed by atoms with van der Waals surface area (Å²) < 4.78 is 28.7. The van der Waals surface area contributed by atoms with Crippen molar-refractivity contribution >= 4 is 10.2 Å². The lowest BCUT2D eigenvalue weighted by atomic mass is 10.00. The van der Waals surface area contributed by atoms with E-state index in [9.17, 15) is 8.42 Å². The number of piperidine rings is 1. The minimum atomic E-state index is -3.40. The summed E-state index contributed by atoms with van der Waals surface area (Å²) >= 11 is 0. The van der Waals surface area contributed by atoms with E-state index in [0.29, 0.717) is 19.0 Å². The zero-order valence-corrected chi connectivity index (χ0v) is 12.6. The van der Waals surface area contributed by atoms with Crippen molar-refractivity contribution in [2.75, 3.05) is 26.2 Å². The number of H-pyrrole nitrogens is 1. The van der Waals surface area contributed by atoms with Crippen LogP contribution in [0, 0.1) is 5.92 Å². The van der Waals surface area contributed by atoms with Crippen LogP contribution in [0.3, 0.4) is 0 Å². The summed E-state index contributed by atoms with van der Waals surface area (Å²) in [5.74, 6) is 0.397. The highest BCUT2D eigenvalue weighted by molar-refractivity contribution is 7.87. The van der Waals surface area contributed by atoms with Crippen LogP contribution in [0.1, 0.15) is 25.3 Å². The molecule has 2 heterocycles. The maximum atomic E-state index is 12.3. The third kappa shape index (κ3) is 4.27. The van der Waals surface area contributed by atoms with Crippen LogP contribution in [0.4, 0.5) is 0 Å². The van der Waals surface area contributed by atoms with Gasteiger partial charge in [0, 0.05) is 31.4 Å². The Labute approximate surface area is 120 Å². The minimum Gasteiger partial charge on any atom is -0.317 e. The quantitative estimate of drug-likeness (QED) is 0.664. The van der Waals surface area contributed by atoms with Gasteiger partial charge in [-0.1, -0.05) is 6.92 Å². The second-order valence-electron chi connectivity index (χ2n) is 5.11. The Hall–Kier alpha value is -0.960. The van der Waals surface area contributed by atoms with Crippen LogP contribution in [0.5, 0.6) is 0 Å². The van der Waals surface area contributed by atoms with Crippen molar-refractivity contribution in [3.63, 3.8) is 0 Å². The molecule has 1 unspecified atom stereocenters. The first-order valence-electron chi connectivity index (χ1n) is 7.05. The van der Waals surface area contributed by atoms with E-state index in [0.717, 1.165) is 31.5 Å². The fourth-order valence-corrected chi connectivity index (χ4v) is 3.71. The molecular weight excluding hydrogens is 278 g/mol. The molecule has 8 heteroatoms. The van der Waals surface area contributed by atoms with Crippen LogP contribution < -0.4 is 10.0 Å². The summed E-state index contributed by atoms with van der Waals surface area (Å²) in [6, 6.07) is 0. The van der Waals surface area contributed by atoms with Crippen molar-refractivity contribution < 1.29 is 8.42 Å². The molecule has 1 aromatic rings. The molecule has 0 aliphatic carbocycles. The van der Waals surface area contributed by atoms with E-state index in [1.165, 1.54) is 0 Å². The lowest BCUT2D eigenvalue weighted by Crippen LogP contribution is -2.47. The smallest absolute Gasteiger partial charge is 0.279 e. The molecule has 1 aliphatic heterocycles. The number of hydrogen-bond donors (Lipinski definition) is 3. The van der Waals surface area contributed by atoms with Gasteiger partial charge in [0.1, 0.15) is 0 Å². The Morgan fingerprint density at radius 3 is 3.10 bits per heavy atom. The molecule has 3 N–H and O–H groups in total. The standard InChI is InChI=1S/C12H23N5O2S/c1-2-13-6-11-4-3-5-17(10-11)20(18,19)16-9-12-7-14-15-8-12/h7-8,11,13,16H,2-6,9-10H2,1H3,(H,14,15). The molecule has 1 fully saturated rings. The molecule has 1 atom stereocenters. The highest BCUT2D eigenvalue weighted by atomic mass is 32.2. The van der Waals surface area contributed by atoms with Gasteiger partial charge in [0.25, 0.3) is 10.2 Å². The summed E-state index contributed by atoms with van der Waals surface area (Å²) in [4.78, 5) is 0. The number of hydrogen-bond acceptors (Lipinski definition) is 4. The van der Waals surface area contributed by atoms with E-state index in [2.05, 4.69) is 27.2 Å². The van der Waals surface area contributed by atoms with Gasteiger partial charge in [-0.15, -0.1) is 0 Å². The minimum absolute atomic E-state index is 0.271. The zero-order chi connectivity index (χ0) is 14.4. The first kappa shape index (κ1) is 15.4. The van der Waals surface area contributed by atoms with E-state index >= 15 is 0 Å². The lowest BCUT2D eigenvalue weighted by molar-refractivity contribution is 0.258. The summed E-state index contributed by atoms with van der Waals surface area (Å²) in [6.07, 6.45) is 5.31. The Kier molecular flexibility index (Phi) is 5.53. The predicted molar refractivity (Wildman–Crippen MR) is 77.2 cm³/mol. The van der Waals surface area contributed by atoms with Crippen molar-refractivity contribution in [2.24, 2.45) is 5.92 Å². The van der Waals surface area contributed by atoms with Gasteiger partial charge in [0.15, 0.2) is 0 Å². The first-order valence-corrected chi connectivity index (χ1v) is 8.49. The summed E-state index contributed by atoms with van der Waals surface area (Å²) in [5.41, 5.74) is 0.829. The number of nitrogens with zero attached hydrogens (tertiary/aromatic N) is 2. The van der Waals surface area contributed by atoms with Crippen LogP contribution in [0.25, 0.3) is 0 Å². The van der Waals surface area contributed by atoms with E-state index < -0.39 is 10.2 Å². The largest absolute Gasteiger partial charge is 0.317 e. The van der Waals surface area contributed by atoms with Gasteiger partial charge in [-0.3, -0.25) is 5.10 Å². The van der Waals surface area contributed by atoms with Crippen molar-refractivity contribution in [2.45, 2.75) is 26.3 Å². The fourth-order valence-electron chi connectivity index (χ4n) is 2.40. The van der Waals surface area contributed by atoms with Crippen molar-refractivity contribution in [1.29, 1.82) is 0 Å².